The Hall–Kier alpha value is -0.990. The largest absolute Gasteiger partial charge is 0.512 e. The Balaban J connectivity index is 4.23. The van der Waals surface area contributed by atoms with E-state index in [0.29, 0.717) is 0 Å². The van der Waals surface area contributed by atoms with E-state index in [1.165, 1.54) is 13.8 Å². The van der Waals surface area contributed by atoms with Gasteiger partial charge in [0.25, 0.3) is 0 Å². The zero-order chi connectivity index (χ0) is 6.73. The van der Waals surface area contributed by atoms with E-state index >= 15 is 0 Å². The van der Waals surface area contributed by atoms with Gasteiger partial charge in [-0.15, -0.1) is 0 Å². The Morgan fingerprint density at radius 1 is 1.50 bits per heavy atom. The van der Waals surface area contributed by atoms with Crippen molar-refractivity contribution in [3.05, 3.63) is 11.3 Å². The fraction of sp³-hybridized carbons (Fsp3) is 0.400. The van der Waals surface area contributed by atoms with Gasteiger partial charge in [-0.05, 0) is 13.8 Å². The molecular formula is C5H9NO2. The molecule has 0 heterocycles. The fourth-order valence-corrected chi connectivity index (χ4v) is 0.178. The molecular weight excluding hydrogens is 106 g/mol. The Morgan fingerprint density at radius 3 is 1.88 bits per heavy atom. The molecule has 0 aromatic rings. The van der Waals surface area contributed by atoms with E-state index in [0.717, 1.165) is 0 Å². The van der Waals surface area contributed by atoms with Crippen LogP contribution in [0.15, 0.2) is 11.3 Å². The number of allylic oxidation sites excluding steroid dienone is 1. The van der Waals surface area contributed by atoms with Gasteiger partial charge in [-0.1, -0.05) is 0 Å². The number of carbonyl (C=O) groups is 1. The summed E-state index contributed by atoms with van der Waals surface area (Å²) in [5, 5.41) is 8.57. The number of hydrogen-bond donors (Lipinski definition) is 2. The second kappa shape index (κ2) is 2.35. The van der Waals surface area contributed by atoms with Crippen LogP contribution in [0.4, 0.5) is 0 Å². The number of aliphatic hydroxyl groups excluding tert-OH is 1. The lowest BCUT2D eigenvalue weighted by atomic mass is 10.2. The van der Waals surface area contributed by atoms with Crippen molar-refractivity contribution >= 4 is 5.91 Å². The quantitative estimate of drug-likeness (QED) is 0.382. The molecule has 0 aliphatic carbocycles. The van der Waals surface area contributed by atoms with Gasteiger partial charge in [0.1, 0.15) is 0 Å². The van der Waals surface area contributed by atoms with Crippen LogP contribution in [0.3, 0.4) is 0 Å². The third-order valence-electron chi connectivity index (χ3n) is 0.912. The molecule has 0 fully saturated rings. The van der Waals surface area contributed by atoms with E-state index in [-0.39, 0.29) is 11.3 Å². The molecule has 0 saturated heterocycles. The van der Waals surface area contributed by atoms with E-state index in [2.05, 4.69) is 0 Å². The SMILES string of the molecule is C/C(O)=C(\C)C(N)=O. The molecule has 0 aromatic heterocycles. The normalized spacial score (nSPS) is 12.8. The highest BCUT2D eigenvalue weighted by molar-refractivity contribution is 5.91. The van der Waals surface area contributed by atoms with E-state index in [9.17, 15) is 4.79 Å². The van der Waals surface area contributed by atoms with Crippen LogP contribution in [0.5, 0.6) is 0 Å². The highest BCUT2D eigenvalue weighted by Crippen LogP contribution is 1.95. The summed E-state index contributed by atoms with van der Waals surface area (Å²) in [5.74, 6) is -0.595. The number of nitrogens with two attached hydrogens (primary N) is 1. The summed E-state index contributed by atoms with van der Waals surface area (Å²) in [4.78, 5) is 10.1. The maximum absolute atomic E-state index is 10.1. The molecule has 0 aliphatic heterocycles. The van der Waals surface area contributed by atoms with Crippen molar-refractivity contribution in [2.24, 2.45) is 5.73 Å². The van der Waals surface area contributed by atoms with Gasteiger partial charge in [0, 0.05) is 0 Å². The molecule has 3 heteroatoms. The van der Waals surface area contributed by atoms with Gasteiger partial charge in [0.15, 0.2) is 0 Å². The van der Waals surface area contributed by atoms with Gasteiger partial charge in [-0.3, -0.25) is 4.79 Å². The molecule has 0 saturated carbocycles. The van der Waals surface area contributed by atoms with Gasteiger partial charge in [0.05, 0.1) is 11.3 Å². The lowest BCUT2D eigenvalue weighted by Crippen LogP contribution is -2.12. The van der Waals surface area contributed by atoms with Crippen molar-refractivity contribution in [3.8, 4) is 0 Å². The highest BCUT2D eigenvalue weighted by atomic mass is 16.3. The van der Waals surface area contributed by atoms with Crippen LogP contribution in [0, 0.1) is 0 Å². The molecule has 46 valence electrons. The van der Waals surface area contributed by atoms with Gasteiger partial charge in [0.2, 0.25) is 5.91 Å². The fourth-order valence-electron chi connectivity index (χ4n) is 0.178. The molecule has 0 atom stereocenters. The first-order valence-corrected chi connectivity index (χ1v) is 2.22. The van der Waals surface area contributed by atoms with Crippen LogP contribution in [0.25, 0.3) is 0 Å². The van der Waals surface area contributed by atoms with Gasteiger partial charge in [-0.2, -0.15) is 0 Å². The number of carbonyl (C=O) groups excluding carboxylic acids is 1. The van der Waals surface area contributed by atoms with Gasteiger partial charge >= 0.3 is 0 Å². The molecule has 3 nitrogen and oxygen atoms in total. The molecule has 0 rings (SSSR count). The predicted molar refractivity (Wildman–Crippen MR) is 30.2 cm³/mol. The van der Waals surface area contributed by atoms with Gasteiger partial charge in [-0.25, -0.2) is 0 Å². The number of hydrogen-bond acceptors (Lipinski definition) is 2. The molecule has 0 radical (unpaired) electrons. The molecule has 0 aromatic carbocycles. The number of aliphatic hydroxyl groups is 1. The topological polar surface area (TPSA) is 63.3 Å². The Bertz CT molecular complexity index is 133. The van der Waals surface area contributed by atoms with Crippen LogP contribution in [-0.2, 0) is 4.79 Å². The summed E-state index contributed by atoms with van der Waals surface area (Å²) >= 11 is 0. The molecule has 8 heavy (non-hydrogen) atoms. The number of amides is 1. The standard InChI is InChI=1S/C5H9NO2/c1-3(4(2)7)5(6)8/h7H,1-2H3,(H2,6,8)/b4-3-. The third-order valence-corrected chi connectivity index (χ3v) is 0.912. The smallest absolute Gasteiger partial charge is 0.247 e. The summed E-state index contributed by atoms with van der Waals surface area (Å²) in [6, 6.07) is 0. The van der Waals surface area contributed by atoms with Crippen molar-refractivity contribution in [1.82, 2.24) is 0 Å². The summed E-state index contributed by atoms with van der Waals surface area (Å²) in [7, 11) is 0. The Morgan fingerprint density at radius 2 is 1.88 bits per heavy atom. The highest BCUT2D eigenvalue weighted by Gasteiger charge is 1.98. The van der Waals surface area contributed by atoms with E-state index in [1.54, 1.807) is 0 Å². The minimum Gasteiger partial charge on any atom is -0.512 e. The molecule has 0 aliphatic rings. The summed E-state index contributed by atoms with van der Waals surface area (Å²) in [6.45, 7) is 2.89. The first-order valence-electron chi connectivity index (χ1n) is 2.22. The minimum atomic E-state index is -0.579. The van der Waals surface area contributed by atoms with Crippen molar-refractivity contribution < 1.29 is 9.90 Å². The average molecular weight is 115 g/mol. The van der Waals surface area contributed by atoms with Crippen molar-refractivity contribution in [1.29, 1.82) is 0 Å². The van der Waals surface area contributed by atoms with Gasteiger partial charge < -0.3 is 10.8 Å². The number of rotatable bonds is 1. The predicted octanol–water partition coefficient (Wildman–Crippen LogP) is 0.324. The van der Waals surface area contributed by atoms with Crippen molar-refractivity contribution in [2.75, 3.05) is 0 Å². The van der Waals surface area contributed by atoms with E-state index in [4.69, 9.17) is 10.8 Å². The second-order valence-corrected chi connectivity index (χ2v) is 1.57. The van der Waals surface area contributed by atoms with Crippen molar-refractivity contribution in [2.45, 2.75) is 13.8 Å². The Labute approximate surface area is 47.8 Å². The van der Waals surface area contributed by atoms with E-state index in [1.807, 2.05) is 0 Å². The van der Waals surface area contributed by atoms with Crippen LogP contribution in [-0.4, -0.2) is 11.0 Å². The van der Waals surface area contributed by atoms with Crippen LogP contribution in [0.1, 0.15) is 13.8 Å². The Kier molecular flexibility index (Phi) is 2.06. The van der Waals surface area contributed by atoms with Crippen molar-refractivity contribution in [3.63, 3.8) is 0 Å². The van der Waals surface area contributed by atoms with Crippen LogP contribution < -0.4 is 5.73 Å². The summed E-state index contributed by atoms with van der Waals surface area (Å²) in [5.41, 5.74) is 4.99. The first-order chi connectivity index (χ1) is 3.55. The maximum atomic E-state index is 10.1. The molecule has 0 bridgehead atoms. The lowest BCUT2D eigenvalue weighted by molar-refractivity contribution is -0.114. The lowest BCUT2D eigenvalue weighted by Gasteiger charge is -1.92. The molecule has 0 unspecified atom stereocenters. The average Bonchev–Trinajstić information content (AvgIpc) is 1.64. The number of primary amides is 1. The third kappa shape index (κ3) is 1.64. The van der Waals surface area contributed by atoms with Crippen LogP contribution >= 0.6 is 0 Å². The maximum Gasteiger partial charge on any atom is 0.247 e. The van der Waals surface area contributed by atoms with Crippen LogP contribution in [0.2, 0.25) is 0 Å². The van der Waals surface area contributed by atoms with E-state index < -0.39 is 5.91 Å². The monoisotopic (exact) mass is 115 g/mol. The second-order valence-electron chi connectivity index (χ2n) is 1.57. The zero-order valence-electron chi connectivity index (χ0n) is 4.93. The molecule has 3 N–H and O–H groups in total. The minimum absolute atomic E-state index is 0.0162. The molecule has 1 amide bonds. The zero-order valence-corrected chi connectivity index (χ0v) is 4.93. The summed E-state index contributed by atoms with van der Waals surface area (Å²) < 4.78 is 0. The molecule has 0 spiro atoms. The summed E-state index contributed by atoms with van der Waals surface area (Å²) in [6.07, 6.45) is 0. The first kappa shape index (κ1) is 7.01.